The largest absolute Gasteiger partial charge is 0.478 e. The van der Waals surface area contributed by atoms with Gasteiger partial charge in [-0.25, -0.2) is 4.79 Å². The van der Waals surface area contributed by atoms with Crippen LogP contribution in [0.25, 0.3) is 5.69 Å². The van der Waals surface area contributed by atoms with Crippen LogP contribution in [0, 0.1) is 37.5 Å². The molecule has 7 nitrogen and oxygen atoms in total. The minimum atomic E-state index is -0.969. The first-order chi connectivity index (χ1) is 14.4. The standard InChI is InChI=1S/C23H21N3O4/c1-12-9-17(13(2)25(12)18-7-5-14(6-8-18)23(29)30)11-24-26-21(27)19-15-3-4-16(10-15)20(19)22(26)28/h3-9,11,15-16,19-20H,10H2,1-2H3,(H,29,30). The first-order valence-corrected chi connectivity index (χ1v) is 9.99. The van der Waals surface area contributed by atoms with Gasteiger partial charge in [0.2, 0.25) is 0 Å². The number of nitrogens with zero attached hydrogens (tertiary/aromatic N) is 3. The maximum atomic E-state index is 12.8. The summed E-state index contributed by atoms with van der Waals surface area (Å²) in [6.45, 7) is 3.86. The van der Waals surface area contributed by atoms with E-state index in [9.17, 15) is 14.4 Å². The van der Waals surface area contributed by atoms with Gasteiger partial charge in [-0.3, -0.25) is 9.59 Å². The molecule has 4 atom stereocenters. The third-order valence-electron chi connectivity index (χ3n) is 6.60. The molecule has 1 saturated carbocycles. The van der Waals surface area contributed by atoms with Crippen molar-refractivity contribution in [2.45, 2.75) is 20.3 Å². The smallest absolute Gasteiger partial charge is 0.335 e. The summed E-state index contributed by atoms with van der Waals surface area (Å²) in [5.74, 6) is -1.56. The van der Waals surface area contributed by atoms with E-state index < -0.39 is 5.97 Å². The number of amides is 2. The molecule has 2 aliphatic carbocycles. The molecule has 2 amide bonds. The molecule has 2 aromatic rings. The minimum absolute atomic E-state index is 0.162. The molecule has 3 aliphatic rings. The number of fused-ring (bicyclic) bond motifs is 5. The van der Waals surface area contributed by atoms with Gasteiger partial charge in [0.15, 0.2) is 0 Å². The summed E-state index contributed by atoms with van der Waals surface area (Å²) < 4.78 is 1.99. The molecule has 0 spiro atoms. The normalized spacial score (nSPS) is 26.9. The van der Waals surface area contributed by atoms with Gasteiger partial charge in [0.25, 0.3) is 11.8 Å². The van der Waals surface area contributed by atoms with Crippen molar-refractivity contribution in [1.82, 2.24) is 9.58 Å². The van der Waals surface area contributed by atoms with E-state index in [0.717, 1.165) is 34.1 Å². The zero-order valence-corrected chi connectivity index (χ0v) is 16.6. The zero-order valence-electron chi connectivity index (χ0n) is 16.6. The summed E-state index contributed by atoms with van der Waals surface area (Å²) in [4.78, 5) is 36.6. The van der Waals surface area contributed by atoms with Crippen LogP contribution in [0.3, 0.4) is 0 Å². The molecule has 1 aromatic carbocycles. The molecule has 2 heterocycles. The van der Waals surface area contributed by atoms with Crippen LogP contribution < -0.4 is 0 Å². The average Bonchev–Trinajstić information content (AvgIpc) is 3.45. The first kappa shape index (κ1) is 18.5. The summed E-state index contributed by atoms with van der Waals surface area (Å²) in [7, 11) is 0. The van der Waals surface area contributed by atoms with E-state index >= 15 is 0 Å². The van der Waals surface area contributed by atoms with E-state index in [2.05, 4.69) is 17.3 Å². The lowest BCUT2D eigenvalue weighted by molar-refractivity contribution is -0.140. The highest BCUT2D eigenvalue weighted by Gasteiger charge is 2.59. The van der Waals surface area contributed by atoms with Crippen LogP contribution in [0.2, 0.25) is 0 Å². The predicted octanol–water partition coefficient (Wildman–Crippen LogP) is 2.93. The molecule has 7 heteroatoms. The molecule has 2 bridgehead atoms. The zero-order chi connectivity index (χ0) is 21.2. The SMILES string of the molecule is Cc1cc(C=NN2C(=O)C3C4C=CC(C4)C3C2=O)c(C)n1-c1ccc(C(=O)O)cc1. The van der Waals surface area contributed by atoms with E-state index in [-0.39, 0.29) is 41.0 Å². The summed E-state index contributed by atoms with van der Waals surface area (Å²) in [5.41, 5.74) is 3.69. The lowest BCUT2D eigenvalue weighted by Gasteiger charge is -2.13. The molecular formula is C23H21N3O4. The molecule has 2 fully saturated rings. The van der Waals surface area contributed by atoms with E-state index in [4.69, 9.17) is 5.11 Å². The number of aromatic carboxylic acids is 1. The van der Waals surface area contributed by atoms with Crippen LogP contribution >= 0.6 is 0 Å². The molecule has 1 aliphatic heterocycles. The molecule has 4 unspecified atom stereocenters. The van der Waals surface area contributed by atoms with Gasteiger partial charge in [0, 0.05) is 22.6 Å². The molecule has 1 N–H and O–H groups in total. The van der Waals surface area contributed by atoms with E-state index in [1.54, 1.807) is 30.5 Å². The maximum Gasteiger partial charge on any atom is 0.335 e. The Hall–Kier alpha value is -3.48. The number of imide groups is 1. The molecule has 1 saturated heterocycles. The monoisotopic (exact) mass is 403 g/mol. The molecule has 152 valence electrons. The summed E-state index contributed by atoms with van der Waals surface area (Å²) >= 11 is 0. The lowest BCUT2D eigenvalue weighted by Crippen LogP contribution is -2.28. The summed E-state index contributed by atoms with van der Waals surface area (Å²) in [6, 6.07) is 8.56. The van der Waals surface area contributed by atoms with Crippen LogP contribution in [0.1, 0.15) is 33.7 Å². The van der Waals surface area contributed by atoms with Crippen LogP contribution in [-0.4, -0.2) is 38.7 Å². The third-order valence-corrected chi connectivity index (χ3v) is 6.60. The van der Waals surface area contributed by atoms with Gasteiger partial charge in [-0.05, 0) is 62.4 Å². The Morgan fingerprint density at radius 2 is 1.67 bits per heavy atom. The van der Waals surface area contributed by atoms with Crippen molar-refractivity contribution in [3.8, 4) is 5.69 Å². The van der Waals surface area contributed by atoms with Crippen LogP contribution in [0.5, 0.6) is 0 Å². The number of hydrazone groups is 1. The summed E-state index contributed by atoms with van der Waals surface area (Å²) in [5, 5.41) is 14.4. The Kier molecular flexibility index (Phi) is 4.03. The van der Waals surface area contributed by atoms with E-state index in [1.807, 2.05) is 24.5 Å². The number of carboxylic acid groups (broad SMARTS) is 1. The van der Waals surface area contributed by atoms with Gasteiger partial charge in [-0.2, -0.15) is 10.1 Å². The predicted molar refractivity (Wildman–Crippen MR) is 109 cm³/mol. The molecule has 1 aromatic heterocycles. The van der Waals surface area contributed by atoms with Crippen molar-refractivity contribution in [3.63, 3.8) is 0 Å². The first-order valence-electron chi connectivity index (χ1n) is 9.99. The molecule has 0 radical (unpaired) electrons. The van der Waals surface area contributed by atoms with Gasteiger partial charge in [-0.1, -0.05) is 12.2 Å². The van der Waals surface area contributed by atoms with Gasteiger partial charge in [0.1, 0.15) is 0 Å². The van der Waals surface area contributed by atoms with Gasteiger partial charge in [-0.15, -0.1) is 0 Å². The minimum Gasteiger partial charge on any atom is -0.478 e. The number of carbonyl (C=O) groups excluding carboxylic acids is 2. The van der Waals surface area contributed by atoms with Gasteiger partial charge < -0.3 is 9.67 Å². The highest BCUT2D eigenvalue weighted by Crippen LogP contribution is 2.52. The number of hydrogen-bond donors (Lipinski definition) is 1. The fraction of sp³-hybridized carbons (Fsp3) is 0.304. The second-order valence-electron chi connectivity index (χ2n) is 8.25. The topological polar surface area (TPSA) is 92.0 Å². The second kappa shape index (κ2) is 6.52. The van der Waals surface area contributed by atoms with E-state index in [1.165, 1.54) is 0 Å². The van der Waals surface area contributed by atoms with E-state index in [0.29, 0.717) is 0 Å². The fourth-order valence-electron chi connectivity index (χ4n) is 5.19. The average molecular weight is 403 g/mol. The number of allylic oxidation sites excluding steroid dienone is 2. The highest BCUT2D eigenvalue weighted by atomic mass is 16.4. The molecule has 5 rings (SSSR count). The van der Waals surface area contributed by atoms with Crippen LogP contribution in [-0.2, 0) is 9.59 Å². The number of carboxylic acids is 1. The number of aryl methyl sites for hydroxylation is 1. The van der Waals surface area contributed by atoms with Gasteiger partial charge in [0.05, 0.1) is 23.6 Å². The Balaban J connectivity index is 1.42. The number of hydrogen-bond acceptors (Lipinski definition) is 4. The number of aromatic nitrogens is 1. The van der Waals surface area contributed by atoms with Crippen molar-refractivity contribution >= 4 is 24.0 Å². The number of carbonyl (C=O) groups is 3. The van der Waals surface area contributed by atoms with Crippen molar-refractivity contribution in [2.24, 2.45) is 28.8 Å². The fourth-order valence-corrected chi connectivity index (χ4v) is 5.19. The third kappa shape index (κ3) is 2.58. The van der Waals surface area contributed by atoms with Crippen molar-refractivity contribution in [1.29, 1.82) is 0 Å². The quantitative estimate of drug-likeness (QED) is 0.483. The molecule has 30 heavy (non-hydrogen) atoms. The van der Waals surface area contributed by atoms with Crippen LogP contribution in [0.15, 0.2) is 47.6 Å². The van der Waals surface area contributed by atoms with Crippen molar-refractivity contribution < 1.29 is 19.5 Å². The number of rotatable bonds is 4. The maximum absolute atomic E-state index is 12.8. The summed E-state index contributed by atoms with van der Waals surface area (Å²) in [6.07, 6.45) is 6.59. The Morgan fingerprint density at radius 1 is 1.07 bits per heavy atom. The Morgan fingerprint density at radius 3 is 2.23 bits per heavy atom. The van der Waals surface area contributed by atoms with Gasteiger partial charge >= 0.3 is 5.97 Å². The van der Waals surface area contributed by atoms with Crippen molar-refractivity contribution in [2.75, 3.05) is 0 Å². The second-order valence-corrected chi connectivity index (χ2v) is 8.25. The number of benzene rings is 1. The highest BCUT2D eigenvalue weighted by molar-refractivity contribution is 6.06. The Labute approximate surface area is 173 Å². The Bertz CT molecular complexity index is 1110. The lowest BCUT2D eigenvalue weighted by atomic mass is 9.85. The molecular weight excluding hydrogens is 382 g/mol. The van der Waals surface area contributed by atoms with Crippen molar-refractivity contribution in [3.05, 3.63) is 65.0 Å². The van der Waals surface area contributed by atoms with Crippen LogP contribution in [0.4, 0.5) is 0 Å².